The molecule has 5 nitrogen and oxygen atoms in total. The van der Waals surface area contributed by atoms with Gasteiger partial charge in [-0.2, -0.15) is 0 Å². The third-order valence-electron chi connectivity index (χ3n) is 5.09. The normalized spacial score (nSPS) is 19.4. The largest absolute Gasteiger partial charge is 0.346 e. The van der Waals surface area contributed by atoms with E-state index >= 15 is 0 Å². The number of nitrogens with one attached hydrogen (secondary N) is 2. The Labute approximate surface area is 163 Å². The van der Waals surface area contributed by atoms with E-state index in [0.29, 0.717) is 13.0 Å². The lowest BCUT2D eigenvalue weighted by atomic mass is 10.0. The van der Waals surface area contributed by atoms with Crippen LogP contribution in [-0.4, -0.2) is 40.8 Å². The summed E-state index contributed by atoms with van der Waals surface area (Å²) in [7, 11) is 0. The van der Waals surface area contributed by atoms with E-state index in [4.69, 9.17) is 0 Å². The highest BCUT2D eigenvalue weighted by Crippen LogP contribution is 2.28. The molecule has 2 N–H and O–H groups in total. The number of nitrogens with zero attached hydrogens (tertiary/aromatic N) is 2. The molecule has 4 rings (SSSR count). The highest BCUT2D eigenvalue weighted by atomic mass is 19.1. The summed E-state index contributed by atoms with van der Waals surface area (Å²) in [6.45, 7) is 0.520. The second kappa shape index (κ2) is 7.82. The maximum absolute atomic E-state index is 14.5. The number of pyridine rings is 1. The van der Waals surface area contributed by atoms with Crippen LogP contribution in [0.15, 0.2) is 36.8 Å². The van der Waals surface area contributed by atoms with Gasteiger partial charge in [0.2, 0.25) is 0 Å². The molecule has 1 unspecified atom stereocenters. The minimum atomic E-state index is -1.28. The number of aromatic nitrogens is 2. The topological polar surface area (TPSA) is 59.0 Å². The highest BCUT2D eigenvalue weighted by Gasteiger charge is 2.28. The van der Waals surface area contributed by atoms with E-state index in [0.717, 1.165) is 18.3 Å². The molecule has 0 aliphatic carbocycles. The van der Waals surface area contributed by atoms with Crippen molar-refractivity contribution in [2.24, 2.45) is 0 Å². The van der Waals surface area contributed by atoms with Gasteiger partial charge in [0.25, 0.3) is 5.91 Å². The number of fused-ring (bicyclic) bond motifs is 1. The van der Waals surface area contributed by atoms with E-state index in [2.05, 4.69) is 15.6 Å². The summed E-state index contributed by atoms with van der Waals surface area (Å²) in [5.74, 6) is -2.85. The lowest BCUT2D eigenvalue weighted by Crippen LogP contribution is -2.50. The molecule has 3 heterocycles. The average molecular weight is 406 g/mol. The third-order valence-corrected chi connectivity index (χ3v) is 5.09. The van der Waals surface area contributed by atoms with Gasteiger partial charge < -0.3 is 15.2 Å². The van der Waals surface area contributed by atoms with E-state index < -0.39 is 35.6 Å². The number of halogens is 4. The summed E-state index contributed by atoms with van der Waals surface area (Å²) in [6, 6.07) is 2.56. The van der Waals surface area contributed by atoms with Crippen molar-refractivity contribution >= 4 is 16.8 Å². The van der Waals surface area contributed by atoms with Crippen LogP contribution in [-0.2, 0) is 6.54 Å². The maximum Gasteiger partial charge on any atom is 0.253 e. The summed E-state index contributed by atoms with van der Waals surface area (Å²) in [5.41, 5.74) is -0.0830. The Morgan fingerprint density at radius 1 is 1.21 bits per heavy atom. The van der Waals surface area contributed by atoms with Gasteiger partial charge in [-0.05, 0) is 31.2 Å². The van der Waals surface area contributed by atoms with Gasteiger partial charge >= 0.3 is 0 Å². The Morgan fingerprint density at radius 2 is 2.00 bits per heavy atom. The first-order valence-corrected chi connectivity index (χ1v) is 9.16. The number of alkyl halides is 1. The van der Waals surface area contributed by atoms with E-state index in [1.807, 2.05) is 0 Å². The maximum atomic E-state index is 14.5. The molecule has 1 aliphatic heterocycles. The molecular weight excluding hydrogens is 388 g/mol. The molecule has 0 saturated carbocycles. The van der Waals surface area contributed by atoms with Crippen molar-refractivity contribution in [2.75, 3.05) is 13.1 Å². The standard InChI is InChI=1S/C20H18F4N4O/c21-13-1-2-14(22)19-18(13)12(20(29)27-17-4-6-26-8-16(17)24)10-28(19)9-11-3-5-25-7-15(11)23/h1-3,5,7,10,16-17,26H,4,6,8-9H2,(H,27,29)/t16-,17?/m0/s1. The van der Waals surface area contributed by atoms with Gasteiger partial charge in [-0.15, -0.1) is 0 Å². The van der Waals surface area contributed by atoms with Crippen molar-refractivity contribution in [3.8, 4) is 0 Å². The third kappa shape index (κ3) is 3.69. The van der Waals surface area contributed by atoms with Gasteiger partial charge in [-0.25, -0.2) is 17.6 Å². The molecule has 0 spiro atoms. The van der Waals surface area contributed by atoms with E-state index in [-0.39, 0.29) is 35.1 Å². The summed E-state index contributed by atoms with van der Waals surface area (Å²) < 4.78 is 58.4. The lowest BCUT2D eigenvalue weighted by molar-refractivity contribution is 0.0893. The molecule has 1 aliphatic rings. The number of hydrogen-bond donors (Lipinski definition) is 2. The first kappa shape index (κ1) is 19.4. The number of carbonyl (C=O) groups is 1. The molecule has 3 aromatic rings. The van der Waals surface area contributed by atoms with Crippen LogP contribution >= 0.6 is 0 Å². The summed E-state index contributed by atoms with van der Waals surface area (Å²) in [6.07, 6.45) is 2.76. The Balaban J connectivity index is 1.75. The summed E-state index contributed by atoms with van der Waals surface area (Å²) >= 11 is 0. The SMILES string of the molecule is O=C(NC1CCNC[C@@H]1F)c1cn(Cc2ccncc2F)c2c(F)ccc(F)c12. The van der Waals surface area contributed by atoms with E-state index in [9.17, 15) is 22.4 Å². The molecule has 29 heavy (non-hydrogen) atoms. The quantitative estimate of drug-likeness (QED) is 0.655. The molecule has 1 saturated heterocycles. The number of amides is 1. The van der Waals surface area contributed by atoms with E-state index in [1.54, 1.807) is 0 Å². The molecule has 1 fully saturated rings. The monoisotopic (exact) mass is 406 g/mol. The molecule has 9 heteroatoms. The van der Waals surface area contributed by atoms with Crippen LogP contribution in [0, 0.1) is 17.5 Å². The molecular formula is C20H18F4N4O. The number of benzene rings is 1. The number of piperidine rings is 1. The van der Waals surface area contributed by atoms with Crippen molar-refractivity contribution in [1.29, 1.82) is 0 Å². The zero-order valence-electron chi connectivity index (χ0n) is 15.3. The zero-order chi connectivity index (χ0) is 20.5. The summed E-state index contributed by atoms with van der Waals surface area (Å²) in [5, 5.41) is 5.23. The number of carbonyl (C=O) groups excluding carboxylic acids is 1. The fourth-order valence-corrected chi connectivity index (χ4v) is 3.61. The Bertz CT molecular complexity index is 1070. The van der Waals surface area contributed by atoms with Gasteiger partial charge in [0.1, 0.15) is 23.6 Å². The smallest absolute Gasteiger partial charge is 0.253 e. The predicted octanol–water partition coefficient (Wildman–Crippen LogP) is 2.93. The molecule has 152 valence electrons. The Kier molecular flexibility index (Phi) is 5.23. The van der Waals surface area contributed by atoms with Crippen LogP contribution in [0.25, 0.3) is 10.9 Å². The van der Waals surface area contributed by atoms with Crippen molar-refractivity contribution in [3.05, 3.63) is 65.4 Å². The van der Waals surface area contributed by atoms with Crippen LogP contribution in [0.1, 0.15) is 22.3 Å². The van der Waals surface area contributed by atoms with Gasteiger partial charge in [0, 0.05) is 24.5 Å². The minimum Gasteiger partial charge on any atom is -0.346 e. The fraction of sp³-hybridized carbons (Fsp3) is 0.300. The molecule has 1 aromatic carbocycles. The molecule has 0 bridgehead atoms. The Morgan fingerprint density at radius 3 is 2.76 bits per heavy atom. The molecule has 1 amide bonds. The highest BCUT2D eigenvalue weighted by molar-refractivity contribution is 6.07. The van der Waals surface area contributed by atoms with Crippen LogP contribution in [0.4, 0.5) is 17.6 Å². The van der Waals surface area contributed by atoms with Crippen LogP contribution in [0.5, 0.6) is 0 Å². The van der Waals surface area contributed by atoms with Crippen LogP contribution < -0.4 is 10.6 Å². The average Bonchev–Trinajstić information content (AvgIpc) is 3.09. The second-order valence-electron chi connectivity index (χ2n) is 6.98. The number of hydrogen-bond acceptors (Lipinski definition) is 3. The van der Waals surface area contributed by atoms with E-state index in [1.165, 1.54) is 23.0 Å². The second-order valence-corrected chi connectivity index (χ2v) is 6.98. The van der Waals surface area contributed by atoms with Gasteiger partial charge in [-0.1, -0.05) is 0 Å². The van der Waals surface area contributed by atoms with Crippen molar-refractivity contribution in [3.63, 3.8) is 0 Å². The van der Waals surface area contributed by atoms with Gasteiger partial charge in [-0.3, -0.25) is 9.78 Å². The van der Waals surface area contributed by atoms with Crippen molar-refractivity contribution in [2.45, 2.75) is 25.2 Å². The van der Waals surface area contributed by atoms with Crippen molar-refractivity contribution in [1.82, 2.24) is 20.2 Å². The molecule has 2 atom stereocenters. The van der Waals surface area contributed by atoms with Gasteiger partial charge in [0.05, 0.1) is 35.2 Å². The summed E-state index contributed by atoms with van der Waals surface area (Å²) in [4.78, 5) is 16.4. The predicted molar refractivity (Wildman–Crippen MR) is 98.8 cm³/mol. The first-order valence-electron chi connectivity index (χ1n) is 9.16. The molecule has 2 aromatic heterocycles. The minimum absolute atomic E-state index is 0.108. The van der Waals surface area contributed by atoms with Gasteiger partial charge in [0.15, 0.2) is 0 Å². The van der Waals surface area contributed by atoms with Crippen LogP contribution in [0.2, 0.25) is 0 Å². The zero-order valence-corrected chi connectivity index (χ0v) is 15.3. The van der Waals surface area contributed by atoms with Crippen LogP contribution in [0.3, 0.4) is 0 Å². The first-order chi connectivity index (χ1) is 14.0. The lowest BCUT2D eigenvalue weighted by Gasteiger charge is -2.27. The molecule has 0 radical (unpaired) electrons. The van der Waals surface area contributed by atoms with Crippen molar-refractivity contribution < 1.29 is 22.4 Å². The number of rotatable bonds is 4. The fourth-order valence-electron chi connectivity index (χ4n) is 3.61. The Hall–Kier alpha value is -2.94.